The van der Waals surface area contributed by atoms with E-state index in [0.29, 0.717) is 12.0 Å². The number of aryl methyl sites for hydroxylation is 2. The van der Waals surface area contributed by atoms with E-state index < -0.39 is 0 Å². The normalized spacial score (nSPS) is 10.3. The number of furan rings is 1. The maximum absolute atomic E-state index is 11.9. The minimum Gasteiger partial charge on any atom is -0.497 e. The molecule has 1 aromatic heterocycles. The maximum atomic E-state index is 11.9. The van der Waals surface area contributed by atoms with E-state index in [9.17, 15) is 4.79 Å². The molecule has 0 saturated carbocycles. The van der Waals surface area contributed by atoms with Gasteiger partial charge in [-0.3, -0.25) is 4.79 Å². The lowest BCUT2D eigenvalue weighted by Crippen LogP contribution is -1.99. The zero-order valence-corrected chi connectivity index (χ0v) is 10.6. The Morgan fingerprint density at radius 1 is 1.28 bits per heavy atom. The SMILES string of the molecule is COc1ccc(CCC(=O)c2coc(C)c2)cc1. The summed E-state index contributed by atoms with van der Waals surface area (Å²) in [5.41, 5.74) is 1.78. The van der Waals surface area contributed by atoms with E-state index in [1.54, 1.807) is 13.2 Å². The van der Waals surface area contributed by atoms with E-state index in [2.05, 4.69) is 0 Å². The average molecular weight is 244 g/mol. The number of ether oxygens (including phenoxy) is 1. The number of benzene rings is 1. The topological polar surface area (TPSA) is 39.4 Å². The van der Waals surface area contributed by atoms with Gasteiger partial charge < -0.3 is 9.15 Å². The summed E-state index contributed by atoms with van der Waals surface area (Å²) in [5, 5.41) is 0. The van der Waals surface area contributed by atoms with Gasteiger partial charge in [-0.2, -0.15) is 0 Å². The summed E-state index contributed by atoms with van der Waals surface area (Å²) < 4.78 is 10.2. The van der Waals surface area contributed by atoms with Crippen LogP contribution < -0.4 is 4.74 Å². The second kappa shape index (κ2) is 5.54. The Hall–Kier alpha value is -2.03. The van der Waals surface area contributed by atoms with Crippen molar-refractivity contribution in [3.05, 3.63) is 53.5 Å². The van der Waals surface area contributed by atoms with Gasteiger partial charge in [-0.1, -0.05) is 12.1 Å². The van der Waals surface area contributed by atoms with Crippen LogP contribution in [0.3, 0.4) is 0 Å². The summed E-state index contributed by atoms with van der Waals surface area (Å²) in [6.07, 6.45) is 2.74. The Bertz CT molecular complexity index is 523. The van der Waals surface area contributed by atoms with Gasteiger partial charge >= 0.3 is 0 Å². The minimum absolute atomic E-state index is 0.114. The number of rotatable bonds is 5. The molecule has 0 radical (unpaired) electrons. The zero-order valence-electron chi connectivity index (χ0n) is 10.6. The first kappa shape index (κ1) is 12.4. The van der Waals surface area contributed by atoms with Gasteiger partial charge in [0, 0.05) is 6.42 Å². The lowest BCUT2D eigenvalue weighted by Gasteiger charge is -2.02. The first-order valence-corrected chi connectivity index (χ1v) is 5.90. The second-order valence-electron chi connectivity index (χ2n) is 4.22. The molecule has 0 amide bonds. The van der Waals surface area contributed by atoms with E-state index in [-0.39, 0.29) is 5.78 Å². The quantitative estimate of drug-likeness (QED) is 0.756. The predicted octanol–water partition coefficient (Wildman–Crippen LogP) is 3.41. The molecule has 3 nitrogen and oxygen atoms in total. The molecule has 2 rings (SSSR count). The molecule has 1 heterocycles. The zero-order chi connectivity index (χ0) is 13.0. The molecule has 0 N–H and O–H groups in total. The summed E-state index contributed by atoms with van der Waals surface area (Å²) in [5.74, 6) is 1.71. The van der Waals surface area contributed by atoms with Crippen molar-refractivity contribution in [2.75, 3.05) is 7.11 Å². The van der Waals surface area contributed by atoms with Crippen molar-refractivity contribution >= 4 is 5.78 Å². The van der Waals surface area contributed by atoms with Crippen molar-refractivity contribution in [3.63, 3.8) is 0 Å². The third-order valence-corrected chi connectivity index (χ3v) is 2.85. The number of carbonyl (C=O) groups excluding carboxylic acids is 1. The molecule has 2 aromatic rings. The van der Waals surface area contributed by atoms with Gasteiger partial charge in [0.25, 0.3) is 0 Å². The van der Waals surface area contributed by atoms with E-state index in [4.69, 9.17) is 9.15 Å². The molecule has 0 spiro atoms. The molecule has 0 aliphatic carbocycles. The van der Waals surface area contributed by atoms with Crippen LogP contribution in [-0.2, 0) is 6.42 Å². The van der Waals surface area contributed by atoms with Crippen molar-refractivity contribution < 1.29 is 13.9 Å². The molecule has 0 aliphatic heterocycles. The fourth-order valence-electron chi connectivity index (χ4n) is 1.78. The highest BCUT2D eigenvalue weighted by molar-refractivity contribution is 5.95. The van der Waals surface area contributed by atoms with Crippen molar-refractivity contribution in [2.24, 2.45) is 0 Å². The van der Waals surface area contributed by atoms with Gasteiger partial charge in [0.15, 0.2) is 5.78 Å². The molecule has 0 saturated heterocycles. The summed E-state index contributed by atoms with van der Waals surface area (Å²) >= 11 is 0. The van der Waals surface area contributed by atoms with E-state index in [1.165, 1.54) is 6.26 Å². The third kappa shape index (κ3) is 3.00. The molecule has 0 aliphatic rings. The Labute approximate surface area is 106 Å². The van der Waals surface area contributed by atoms with Gasteiger partial charge in [0.1, 0.15) is 17.8 Å². The van der Waals surface area contributed by atoms with Crippen LogP contribution in [0, 0.1) is 6.92 Å². The monoisotopic (exact) mass is 244 g/mol. The Morgan fingerprint density at radius 2 is 2.00 bits per heavy atom. The van der Waals surface area contributed by atoms with Crippen molar-refractivity contribution in [1.29, 1.82) is 0 Å². The average Bonchev–Trinajstić information content (AvgIpc) is 2.83. The van der Waals surface area contributed by atoms with Crippen LogP contribution in [0.15, 0.2) is 41.0 Å². The predicted molar refractivity (Wildman–Crippen MR) is 69.1 cm³/mol. The Kier molecular flexibility index (Phi) is 3.82. The first-order chi connectivity index (χ1) is 8.69. The van der Waals surface area contributed by atoms with E-state index in [0.717, 1.165) is 23.5 Å². The maximum Gasteiger partial charge on any atom is 0.166 e. The van der Waals surface area contributed by atoms with Gasteiger partial charge in [-0.25, -0.2) is 0 Å². The summed E-state index contributed by atoms with van der Waals surface area (Å²) in [6.45, 7) is 1.83. The molecule has 0 bridgehead atoms. The summed E-state index contributed by atoms with van der Waals surface area (Å²) in [6, 6.07) is 9.54. The molecule has 0 atom stereocenters. The van der Waals surface area contributed by atoms with Crippen LogP contribution in [0.5, 0.6) is 5.75 Å². The van der Waals surface area contributed by atoms with Crippen LogP contribution in [0.25, 0.3) is 0 Å². The van der Waals surface area contributed by atoms with Crippen LogP contribution >= 0.6 is 0 Å². The summed E-state index contributed by atoms with van der Waals surface area (Å²) in [4.78, 5) is 11.9. The molecule has 0 fully saturated rings. The van der Waals surface area contributed by atoms with E-state index in [1.807, 2.05) is 31.2 Å². The second-order valence-corrected chi connectivity index (χ2v) is 4.22. The third-order valence-electron chi connectivity index (χ3n) is 2.85. The number of ketones is 1. The van der Waals surface area contributed by atoms with Crippen LogP contribution in [0.1, 0.15) is 28.1 Å². The van der Waals surface area contributed by atoms with Crippen molar-refractivity contribution in [2.45, 2.75) is 19.8 Å². The molecular weight excluding hydrogens is 228 g/mol. The lowest BCUT2D eigenvalue weighted by molar-refractivity contribution is 0.0982. The van der Waals surface area contributed by atoms with Crippen molar-refractivity contribution in [3.8, 4) is 5.75 Å². The highest BCUT2D eigenvalue weighted by Crippen LogP contribution is 2.15. The van der Waals surface area contributed by atoms with Crippen LogP contribution in [-0.4, -0.2) is 12.9 Å². The highest BCUT2D eigenvalue weighted by Gasteiger charge is 2.08. The van der Waals surface area contributed by atoms with Gasteiger partial charge in [-0.15, -0.1) is 0 Å². The number of hydrogen-bond donors (Lipinski definition) is 0. The Morgan fingerprint density at radius 3 is 2.56 bits per heavy atom. The number of Topliss-reactive ketones (excluding diaryl/α,β-unsaturated/α-hetero) is 1. The Balaban J connectivity index is 1.92. The van der Waals surface area contributed by atoms with Gasteiger partial charge in [-0.05, 0) is 37.1 Å². The lowest BCUT2D eigenvalue weighted by atomic mass is 10.0. The molecule has 3 heteroatoms. The fraction of sp³-hybridized carbons (Fsp3) is 0.267. The summed E-state index contributed by atoms with van der Waals surface area (Å²) in [7, 11) is 1.64. The van der Waals surface area contributed by atoms with Gasteiger partial charge in [0.2, 0.25) is 0 Å². The molecule has 1 aromatic carbocycles. The van der Waals surface area contributed by atoms with Gasteiger partial charge in [0.05, 0.1) is 12.7 Å². The first-order valence-electron chi connectivity index (χ1n) is 5.90. The smallest absolute Gasteiger partial charge is 0.166 e. The standard InChI is InChI=1S/C15H16O3/c1-11-9-13(10-18-11)15(16)8-5-12-3-6-14(17-2)7-4-12/h3-4,6-7,9-10H,5,8H2,1-2H3. The number of carbonyl (C=O) groups is 1. The number of hydrogen-bond acceptors (Lipinski definition) is 3. The molecule has 94 valence electrons. The van der Waals surface area contributed by atoms with E-state index >= 15 is 0 Å². The van der Waals surface area contributed by atoms with Crippen LogP contribution in [0.2, 0.25) is 0 Å². The molecule has 0 unspecified atom stereocenters. The van der Waals surface area contributed by atoms with Crippen molar-refractivity contribution in [1.82, 2.24) is 0 Å². The molecule has 18 heavy (non-hydrogen) atoms. The van der Waals surface area contributed by atoms with Crippen LogP contribution in [0.4, 0.5) is 0 Å². The fourth-order valence-corrected chi connectivity index (χ4v) is 1.78. The highest BCUT2D eigenvalue weighted by atomic mass is 16.5. The number of methoxy groups -OCH3 is 1. The largest absolute Gasteiger partial charge is 0.497 e. The minimum atomic E-state index is 0.114. The molecular formula is C15H16O3.